The minimum atomic E-state index is -0.164. The summed E-state index contributed by atoms with van der Waals surface area (Å²) in [6.07, 6.45) is 2.03. The van der Waals surface area contributed by atoms with E-state index in [-0.39, 0.29) is 11.8 Å². The first-order valence-corrected chi connectivity index (χ1v) is 11.1. The Morgan fingerprint density at radius 2 is 2.16 bits per heavy atom. The maximum atomic E-state index is 12.7. The molecular weight excluding hydrogens is 424 g/mol. The highest BCUT2D eigenvalue weighted by atomic mass is 32.1. The van der Waals surface area contributed by atoms with Crippen molar-refractivity contribution in [3.05, 3.63) is 71.9 Å². The van der Waals surface area contributed by atoms with Gasteiger partial charge in [-0.05, 0) is 31.2 Å². The lowest BCUT2D eigenvalue weighted by molar-refractivity contribution is -0.116. The van der Waals surface area contributed by atoms with E-state index < -0.39 is 0 Å². The van der Waals surface area contributed by atoms with Crippen molar-refractivity contribution in [2.45, 2.75) is 19.3 Å². The molecule has 1 unspecified atom stereocenters. The van der Waals surface area contributed by atoms with Gasteiger partial charge in [-0.2, -0.15) is 9.78 Å². The minimum Gasteiger partial charge on any atom is -0.497 e. The number of hydrogen-bond acceptors (Lipinski definition) is 6. The maximum absolute atomic E-state index is 12.7. The number of nitrogens with zero attached hydrogens (tertiary/aromatic N) is 3. The van der Waals surface area contributed by atoms with Crippen molar-refractivity contribution < 1.29 is 14.3 Å². The van der Waals surface area contributed by atoms with Gasteiger partial charge in [-0.3, -0.25) is 4.79 Å². The molecule has 3 heterocycles. The van der Waals surface area contributed by atoms with E-state index >= 15 is 0 Å². The number of carbonyl (C=O) groups excluding carboxylic acids is 1. The van der Waals surface area contributed by atoms with Crippen molar-refractivity contribution in [1.82, 2.24) is 14.8 Å². The lowest BCUT2D eigenvalue weighted by Crippen LogP contribution is -2.25. The zero-order valence-electron chi connectivity index (χ0n) is 17.8. The summed E-state index contributed by atoms with van der Waals surface area (Å²) < 4.78 is 13.9. The van der Waals surface area contributed by atoms with Gasteiger partial charge in [0.15, 0.2) is 0 Å². The van der Waals surface area contributed by atoms with Crippen LogP contribution in [-0.2, 0) is 4.79 Å². The number of methoxy groups -OCH3 is 1. The summed E-state index contributed by atoms with van der Waals surface area (Å²) in [4.78, 5) is 17.5. The summed E-state index contributed by atoms with van der Waals surface area (Å²) in [5.74, 6) is 1.95. The smallest absolute Gasteiger partial charge is 0.226 e. The molecule has 1 aliphatic heterocycles. The summed E-state index contributed by atoms with van der Waals surface area (Å²) in [5, 5.41) is 8.48. The Hall–Kier alpha value is -3.65. The summed E-state index contributed by atoms with van der Waals surface area (Å²) >= 11 is 1.50. The van der Waals surface area contributed by atoms with Crippen LogP contribution in [0.1, 0.15) is 29.2 Å². The maximum Gasteiger partial charge on any atom is 0.226 e. The number of hydrogen-bond donors (Lipinski definition) is 1. The molecule has 4 aromatic rings. The van der Waals surface area contributed by atoms with Gasteiger partial charge in [-0.1, -0.05) is 42.2 Å². The molecule has 0 radical (unpaired) electrons. The number of aryl methyl sites for hydroxylation is 1. The molecule has 0 aliphatic carbocycles. The Labute approximate surface area is 189 Å². The van der Waals surface area contributed by atoms with E-state index in [1.807, 2.05) is 49.4 Å². The van der Waals surface area contributed by atoms with Crippen molar-refractivity contribution in [2.75, 3.05) is 19.0 Å². The second kappa shape index (κ2) is 8.12. The first-order valence-electron chi connectivity index (χ1n) is 10.3. The number of rotatable bonds is 6. The molecule has 1 atom stereocenters. The van der Waals surface area contributed by atoms with Crippen molar-refractivity contribution in [1.29, 1.82) is 0 Å². The van der Waals surface area contributed by atoms with Gasteiger partial charge in [0.1, 0.15) is 23.9 Å². The van der Waals surface area contributed by atoms with Crippen molar-refractivity contribution in [3.63, 3.8) is 0 Å². The number of thiazole rings is 1. The average Bonchev–Trinajstić information content (AvgIpc) is 3.37. The third kappa shape index (κ3) is 3.42. The molecule has 0 bridgehead atoms. The van der Waals surface area contributed by atoms with Gasteiger partial charge >= 0.3 is 0 Å². The number of carbonyl (C=O) groups is 1. The molecule has 7 nitrogen and oxygen atoms in total. The topological polar surface area (TPSA) is 78.3 Å². The van der Waals surface area contributed by atoms with Crippen LogP contribution in [0.15, 0.2) is 55.1 Å². The molecule has 1 N–H and O–H groups in total. The highest BCUT2D eigenvalue weighted by Crippen LogP contribution is 2.43. The molecule has 8 heteroatoms. The number of amides is 1. The van der Waals surface area contributed by atoms with Gasteiger partial charge in [0.25, 0.3) is 0 Å². The van der Waals surface area contributed by atoms with Gasteiger partial charge in [-0.15, -0.1) is 0 Å². The first kappa shape index (κ1) is 20.3. The van der Waals surface area contributed by atoms with Crippen LogP contribution >= 0.6 is 11.3 Å². The van der Waals surface area contributed by atoms with Crippen molar-refractivity contribution >= 4 is 33.3 Å². The average molecular weight is 447 g/mol. The molecular formula is C24H22N4O3S. The van der Waals surface area contributed by atoms with E-state index in [9.17, 15) is 4.79 Å². The van der Waals surface area contributed by atoms with E-state index in [1.54, 1.807) is 17.9 Å². The monoisotopic (exact) mass is 446 g/mol. The van der Waals surface area contributed by atoms with Crippen LogP contribution in [0.3, 0.4) is 0 Å². The number of benzene rings is 2. The molecule has 1 amide bonds. The number of nitrogens with one attached hydrogen (secondary N) is 1. The second-order valence-corrected chi connectivity index (χ2v) is 8.54. The van der Waals surface area contributed by atoms with E-state index in [0.29, 0.717) is 24.0 Å². The van der Waals surface area contributed by atoms with Crippen molar-refractivity contribution in [3.8, 4) is 16.6 Å². The van der Waals surface area contributed by atoms with Gasteiger partial charge in [-0.25, -0.2) is 4.98 Å². The van der Waals surface area contributed by atoms with Gasteiger partial charge in [0.2, 0.25) is 11.0 Å². The number of anilines is 1. The summed E-state index contributed by atoms with van der Waals surface area (Å²) in [5.41, 5.74) is 3.65. The summed E-state index contributed by atoms with van der Waals surface area (Å²) in [6, 6.07) is 13.6. The number of fused-ring (bicyclic) bond motifs is 2. The fraction of sp³-hybridized carbons (Fsp3) is 0.208. The fourth-order valence-electron chi connectivity index (χ4n) is 4.11. The molecule has 0 spiro atoms. The van der Waals surface area contributed by atoms with E-state index in [4.69, 9.17) is 19.6 Å². The SMILES string of the molecule is C=CCOc1ccccc1C1CC(=O)Nc2c1c(C)nn2-c1nc2ccc(OC)cc2s1. The number of ether oxygens (including phenoxy) is 2. The minimum absolute atomic E-state index is 0.0649. The largest absolute Gasteiger partial charge is 0.497 e. The van der Waals surface area contributed by atoms with Crippen LogP contribution < -0.4 is 14.8 Å². The molecule has 2 aromatic heterocycles. The van der Waals surface area contributed by atoms with E-state index in [2.05, 4.69) is 11.9 Å². The van der Waals surface area contributed by atoms with E-state index in [0.717, 1.165) is 38.5 Å². The Kier molecular flexibility index (Phi) is 5.14. The molecule has 32 heavy (non-hydrogen) atoms. The predicted octanol–water partition coefficient (Wildman–Crippen LogP) is 4.84. The Bertz CT molecular complexity index is 1340. The normalized spacial score (nSPS) is 15.3. The molecule has 0 saturated carbocycles. The molecule has 0 saturated heterocycles. The van der Waals surface area contributed by atoms with Crippen molar-refractivity contribution in [2.24, 2.45) is 0 Å². The third-order valence-corrected chi connectivity index (χ3v) is 6.51. The highest BCUT2D eigenvalue weighted by Gasteiger charge is 2.34. The number of para-hydroxylation sites is 1. The zero-order valence-corrected chi connectivity index (χ0v) is 18.6. The molecule has 0 fully saturated rings. The first-order chi connectivity index (χ1) is 15.6. The standard InChI is InChI=1S/C24H22N4O3S/c1-4-11-31-19-8-6-5-7-16(19)17-13-21(29)26-23-22(17)14(2)27-28(23)24-25-18-10-9-15(30-3)12-20(18)32-24/h4-10,12,17H,1,11,13H2,2-3H3,(H,26,29). The van der Waals surface area contributed by atoms with E-state index in [1.165, 1.54) is 11.3 Å². The van der Waals surface area contributed by atoms with Gasteiger partial charge in [0.05, 0.1) is 23.0 Å². The fourth-order valence-corrected chi connectivity index (χ4v) is 5.06. The lowest BCUT2D eigenvalue weighted by Gasteiger charge is -2.25. The Morgan fingerprint density at radius 3 is 2.97 bits per heavy atom. The third-order valence-electron chi connectivity index (χ3n) is 5.52. The van der Waals surface area contributed by atoms with Gasteiger partial charge in [0, 0.05) is 23.5 Å². The number of aromatic nitrogens is 3. The lowest BCUT2D eigenvalue weighted by atomic mass is 9.85. The predicted molar refractivity (Wildman–Crippen MR) is 125 cm³/mol. The van der Waals surface area contributed by atoms with Crippen LogP contribution in [0, 0.1) is 6.92 Å². The highest BCUT2D eigenvalue weighted by molar-refractivity contribution is 7.20. The molecule has 162 valence electrons. The van der Waals surface area contributed by atoms with Gasteiger partial charge < -0.3 is 14.8 Å². The van der Waals surface area contributed by atoms with Crippen LogP contribution in [-0.4, -0.2) is 34.4 Å². The quantitative estimate of drug-likeness (QED) is 0.429. The van der Waals surface area contributed by atoms with Crippen LogP contribution in [0.2, 0.25) is 0 Å². The molecule has 1 aliphatic rings. The van der Waals surface area contributed by atoms with Crippen LogP contribution in [0.25, 0.3) is 15.3 Å². The molecule has 5 rings (SSSR count). The second-order valence-electron chi connectivity index (χ2n) is 7.53. The summed E-state index contributed by atoms with van der Waals surface area (Å²) in [7, 11) is 1.64. The zero-order chi connectivity index (χ0) is 22.2. The Morgan fingerprint density at radius 1 is 1.31 bits per heavy atom. The molecule has 2 aromatic carbocycles. The Balaban J connectivity index is 1.63. The summed E-state index contributed by atoms with van der Waals surface area (Å²) in [6.45, 7) is 6.09. The van der Waals surface area contributed by atoms with Crippen LogP contribution in [0.5, 0.6) is 11.5 Å². The van der Waals surface area contributed by atoms with Crippen LogP contribution in [0.4, 0.5) is 5.82 Å².